The van der Waals surface area contributed by atoms with Gasteiger partial charge in [0.15, 0.2) is 0 Å². The van der Waals surface area contributed by atoms with Crippen LogP contribution in [-0.4, -0.2) is 17.3 Å². The van der Waals surface area contributed by atoms with Crippen LogP contribution >= 0.6 is 0 Å². The summed E-state index contributed by atoms with van der Waals surface area (Å²) in [7, 11) is 0. The molecule has 19 heavy (non-hydrogen) atoms. The number of halogens is 2. The molecule has 1 aliphatic rings. The number of rotatable bonds is 3. The van der Waals surface area contributed by atoms with Crippen molar-refractivity contribution in [2.75, 3.05) is 0 Å². The highest BCUT2D eigenvalue weighted by molar-refractivity contribution is 5.23. The fourth-order valence-electron chi connectivity index (χ4n) is 2.81. The molecule has 106 valence electrons. The van der Waals surface area contributed by atoms with Crippen LogP contribution in [0.4, 0.5) is 8.78 Å². The topological polar surface area (TPSA) is 32.3 Å². The maximum absolute atomic E-state index is 13.7. The first-order chi connectivity index (χ1) is 9.09. The molecule has 1 saturated carbocycles. The SMILES string of the molecule is CC(NC1CCCCCC1O)c1c(F)cccc1F. The first-order valence-corrected chi connectivity index (χ1v) is 6.97. The van der Waals surface area contributed by atoms with Crippen molar-refractivity contribution < 1.29 is 13.9 Å². The minimum atomic E-state index is -0.539. The lowest BCUT2D eigenvalue weighted by atomic mass is 10.0. The second kappa shape index (κ2) is 6.44. The molecule has 2 N–H and O–H groups in total. The van der Waals surface area contributed by atoms with E-state index in [2.05, 4.69) is 5.32 Å². The zero-order valence-electron chi connectivity index (χ0n) is 11.2. The van der Waals surface area contributed by atoms with Gasteiger partial charge >= 0.3 is 0 Å². The Labute approximate surface area is 112 Å². The number of nitrogens with one attached hydrogen (secondary N) is 1. The van der Waals surface area contributed by atoms with Crippen molar-refractivity contribution in [1.82, 2.24) is 5.32 Å². The van der Waals surface area contributed by atoms with Gasteiger partial charge in [0, 0.05) is 17.6 Å². The molecule has 0 heterocycles. The van der Waals surface area contributed by atoms with Crippen molar-refractivity contribution in [2.45, 2.75) is 57.2 Å². The molecule has 0 bridgehead atoms. The molecule has 1 aliphatic carbocycles. The molecule has 4 heteroatoms. The third-order valence-electron chi connectivity index (χ3n) is 3.88. The summed E-state index contributed by atoms with van der Waals surface area (Å²) in [5, 5.41) is 13.2. The Hall–Kier alpha value is -1.00. The van der Waals surface area contributed by atoms with Crippen LogP contribution in [0.15, 0.2) is 18.2 Å². The van der Waals surface area contributed by atoms with E-state index in [0.717, 1.165) is 32.1 Å². The summed E-state index contributed by atoms with van der Waals surface area (Å²) in [6.45, 7) is 1.74. The van der Waals surface area contributed by atoms with Gasteiger partial charge in [-0.1, -0.05) is 25.3 Å². The zero-order chi connectivity index (χ0) is 13.8. The molecular weight excluding hydrogens is 248 g/mol. The van der Waals surface area contributed by atoms with Gasteiger partial charge in [0.1, 0.15) is 11.6 Å². The Morgan fingerprint density at radius 1 is 1.16 bits per heavy atom. The lowest BCUT2D eigenvalue weighted by molar-refractivity contribution is 0.114. The lowest BCUT2D eigenvalue weighted by Gasteiger charge is -2.26. The van der Waals surface area contributed by atoms with Crippen LogP contribution in [0.1, 0.15) is 50.6 Å². The van der Waals surface area contributed by atoms with Gasteiger partial charge in [-0.2, -0.15) is 0 Å². The molecule has 0 amide bonds. The van der Waals surface area contributed by atoms with E-state index in [-0.39, 0.29) is 11.6 Å². The predicted molar refractivity (Wildman–Crippen MR) is 70.8 cm³/mol. The molecular formula is C15H21F2NO. The summed E-state index contributed by atoms with van der Waals surface area (Å²) in [6.07, 6.45) is 4.34. The minimum absolute atomic E-state index is 0.0546. The highest BCUT2D eigenvalue weighted by Gasteiger charge is 2.25. The number of hydrogen-bond donors (Lipinski definition) is 2. The summed E-state index contributed by atoms with van der Waals surface area (Å²) in [4.78, 5) is 0. The molecule has 0 radical (unpaired) electrons. The Morgan fingerprint density at radius 2 is 1.79 bits per heavy atom. The summed E-state index contributed by atoms with van der Waals surface area (Å²) in [5.74, 6) is -1.08. The highest BCUT2D eigenvalue weighted by Crippen LogP contribution is 2.24. The Morgan fingerprint density at radius 3 is 2.47 bits per heavy atom. The standard InChI is InChI=1S/C15H21F2NO/c1-10(15-11(16)6-5-7-12(15)17)18-13-8-3-2-4-9-14(13)19/h5-7,10,13-14,18-19H,2-4,8-9H2,1H3. The average Bonchev–Trinajstić information content (AvgIpc) is 2.55. The van der Waals surface area contributed by atoms with Crippen LogP contribution in [0.2, 0.25) is 0 Å². The monoisotopic (exact) mass is 269 g/mol. The highest BCUT2D eigenvalue weighted by atomic mass is 19.1. The Bertz CT molecular complexity index is 404. The van der Waals surface area contributed by atoms with E-state index in [1.165, 1.54) is 18.2 Å². The predicted octanol–water partition coefficient (Wildman–Crippen LogP) is 3.31. The van der Waals surface area contributed by atoms with Crippen molar-refractivity contribution in [2.24, 2.45) is 0 Å². The first kappa shape index (κ1) is 14.4. The van der Waals surface area contributed by atoms with Crippen LogP contribution in [0.3, 0.4) is 0 Å². The van der Waals surface area contributed by atoms with E-state index in [9.17, 15) is 13.9 Å². The normalized spacial score (nSPS) is 25.9. The molecule has 2 rings (SSSR count). The van der Waals surface area contributed by atoms with Gasteiger partial charge in [-0.15, -0.1) is 0 Å². The number of aliphatic hydroxyl groups excluding tert-OH is 1. The minimum Gasteiger partial charge on any atom is -0.392 e. The summed E-state index contributed by atoms with van der Waals surface area (Å²) >= 11 is 0. The van der Waals surface area contributed by atoms with Gasteiger partial charge in [0.25, 0.3) is 0 Å². The number of benzene rings is 1. The van der Waals surface area contributed by atoms with Crippen molar-refractivity contribution in [3.8, 4) is 0 Å². The van der Waals surface area contributed by atoms with Crippen LogP contribution in [0.5, 0.6) is 0 Å². The fraction of sp³-hybridized carbons (Fsp3) is 0.600. The van der Waals surface area contributed by atoms with E-state index in [1.54, 1.807) is 6.92 Å². The maximum atomic E-state index is 13.7. The third kappa shape index (κ3) is 3.51. The van der Waals surface area contributed by atoms with Gasteiger partial charge in [-0.05, 0) is 31.9 Å². The van der Waals surface area contributed by atoms with Crippen molar-refractivity contribution in [3.63, 3.8) is 0 Å². The number of hydrogen-bond acceptors (Lipinski definition) is 2. The van der Waals surface area contributed by atoms with Gasteiger partial charge < -0.3 is 10.4 Å². The van der Waals surface area contributed by atoms with E-state index in [1.807, 2.05) is 0 Å². The molecule has 3 unspecified atom stereocenters. The van der Waals surface area contributed by atoms with E-state index in [4.69, 9.17) is 0 Å². The van der Waals surface area contributed by atoms with Gasteiger partial charge in [-0.3, -0.25) is 0 Å². The van der Waals surface area contributed by atoms with E-state index < -0.39 is 23.8 Å². The summed E-state index contributed by atoms with van der Waals surface area (Å²) < 4.78 is 27.4. The molecule has 3 atom stereocenters. The molecule has 2 nitrogen and oxygen atoms in total. The van der Waals surface area contributed by atoms with Crippen LogP contribution in [0, 0.1) is 11.6 Å². The van der Waals surface area contributed by atoms with Crippen molar-refractivity contribution in [1.29, 1.82) is 0 Å². The zero-order valence-corrected chi connectivity index (χ0v) is 11.2. The summed E-state index contributed by atoms with van der Waals surface area (Å²) in [6, 6.07) is 3.36. The Kier molecular flexibility index (Phi) is 4.88. The van der Waals surface area contributed by atoms with Crippen molar-refractivity contribution in [3.05, 3.63) is 35.4 Å². The van der Waals surface area contributed by atoms with Gasteiger partial charge in [0.05, 0.1) is 6.10 Å². The van der Waals surface area contributed by atoms with Crippen molar-refractivity contribution >= 4 is 0 Å². The molecule has 1 aromatic rings. The molecule has 0 spiro atoms. The van der Waals surface area contributed by atoms with Crippen LogP contribution in [-0.2, 0) is 0 Å². The molecule has 0 saturated heterocycles. The Balaban J connectivity index is 2.09. The van der Waals surface area contributed by atoms with Gasteiger partial charge in [0.2, 0.25) is 0 Å². The second-order valence-corrected chi connectivity index (χ2v) is 5.34. The maximum Gasteiger partial charge on any atom is 0.130 e. The fourth-order valence-corrected chi connectivity index (χ4v) is 2.81. The van der Waals surface area contributed by atoms with E-state index >= 15 is 0 Å². The van der Waals surface area contributed by atoms with E-state index in [0.29, 0.717) is 0 Å². The molecule has 1 aromatic carbocycles. The smallest absolute Gasteiger partial charge is 0.130 e. The largest absolute Gasteiger partial charge is 0.392 e. The first-order valence-electron chi connectivity index (χ1n) is 6.97. The summed E-state index contributed by atoms with van der Waals surface area (Å²) in [5.41, 5.74) is 0.0546. The molecule has 0 aliphatic heterocycles. The number of aliphatic hydroxyl groups is 1. The second-order valence-electron chi connectivity index (χ2n) is 5.34. The quantitative estimate of drug-likeness (QED) is 0.825. The average molecular weight is 269 g/mol. The lowest BCUT2D eigenvalue weighted by Crippen LogP contribution is -2.40. The molecule has 1 fully saturated rings. The molecule has 0 aromatic heterocycles. The third-order valence-corrected chi connectivity index (χ3v) is 3.88. The van der Waals surface area contributed by atoms with Crippen LogP contribution < -0.4 is 5.32 Å². The van der Waals surface area contributed by atoms with Crippen LogP contribution in [0.25, 0.3) is 0 Å². The van der Waals surface area contributed by atoms with Gasteiger partial charge in [-0.25, -0.2) is 8.78 Å².